The third-order valence-corrected chi connectivity index (χ3v) is 13.7. The summed E-state index contributed by atoms with van der Waals surface area (Å²) in [6, 6.07) is 12.9. The van der Waals surface area contributed by atoms with Crippen LogP contribution in [0, 0.1) is 29.1 Å². The number of sulfonamides is 1. The van der Waals surface area contributed by atoms with Crippen molar-refractivity contribution in [3.8, 4) is 5.75 Å². The molecule has 2 bridgehead atoms. The van der Waals surface area contributed by atoms with Gasteiger partial charge in [-0.2, -0.15) is 4.31 Å². The molecular weight excluding hydrogens is 667 g/mol. The molecule has 0 amide bonds. The van der Waals surface area contributed by atoms with Gasteiger partial charge in [-0.15, -0.1) is 0 Å². The Balaban J connectivity index is 1.12. The molecule has 3 aliphatic carbocycles. The Bertz CT molecular complexity index is 1760. The van der Waals surface area contributed by atoms with Crippen LogP contribution in [-0.2, 0) is 30.7 Å². The van der Waals surface area contributed by atoms with Crippen LogP contribution in [0.1, 0.15) is 57.9 Å². The van der Waals surface area contributed by atoms with Gasteiger partial charge in [0.1, 0.15) is 11.9 Å². The molecule has 5 unspecified atom stereocenters. The first-order valence-corrected chi connectivity index (χ1v) is 19.6. The molecule has 3 N–H and O–H groups in total. The number of aliphatic hydroxyl groups is 2. The van der Waals surface area contributed by atoms with Gasteiger partial charge in [-0.05, 0) is 79.8 Å². The van der Waals surface area contributed by atoms with Crippen molar-refractivity contribution in [1.82, 2.24) is 9.29 Å². The van der Waals surface area contributed by atoms with Gasteiger partial charge in [0.25, 0.3) is 0 Å². The number of carbonyl (C=O) groups is 1. The van der Waals surface area contributed by atoms with E-state index < -0.39 is 34.3 Å². The third-order valence-electron chi connectivity index (χ3n) is 10.9. The summed E-state index contributed by atoms with van der Waals surface area (Å²) >= 11 is 1.44. The number of rotatable bonds is 15. The minimum absolute atomic E-state index is 0.00804. The number of fused-ring (bicyclic) bond motifs is 3. The minimum atomic E-state index is -4.01. The molecule has 2 heterocycles. The van der Waals surface area contributed by atoms with E-state index in [4.69, 9.17) is 14.2 Å². The molecule has 4 aliphatic rings. The second-order valence-corrected chi connectivity index (χ2v) is 17.9. The smallest absolute Gasteiger partial charge is 0.306 e. The zero-order valence-electron chi connectivity index (χ0n) is 28.3. The van der Waals surface area contributed by atoms with Crippen LogP contribution >= 0.6 is 11.3 Å². The lowest BCUT2D eigenvalue weighted by atomic mass is 9.90. The van der Waals surface area contributed by atoms with Gasteiger partial charge in [-0.1, -0.05) is 37.3 Å². The number of esters is 1. The van der Waals surface area contributed by atoms with E-state index in [0.717, 1.165) is 53.0 Å². The van der Waals surface area contributed by atoms with Gasteiger partial charge >= 0.3 is 5.97 Å². The average molecular weight is 714 g/mol. The van der Waals surface area contributed by atoms with Gasteiger partial charge in [0.05, 0.1) is 41.4 Å². The highest BCUT2D eigenvalue weighted by Gasteiger charge is 2.50. The van der Waals surface area contributed by atoms with Gasteiger partial charge < -0.3 is 29.7 Å². The number of nitrogens with zero attached hydrogens (tertiary/aromatic N) is 2. The van der Waals surface area contributed by atoms with Crippen molar-refractivity contribution in [2.75, 3.05) is 32.1 Å². The minimum Gasteiger partial charge on any atom is -0.497 e. The Morgan fingerprint density at radius 1 is 1.20 bits per heavy atom. The molecule has 1 aromatic heterocycles. The number of anilines is 1. The molecule has 1 aliphatic heterocycles. The molecule has 7 rings (SSSR count). The summed E-state index contributed by atoms with van der Waals surface area (Å²) in [5, 5.41) is 26.3. The first-order valence-electron chi connectivity index (χ1n) is 17.4. The average Bonchev–Trinajstić information content (AvgIpc) is 3.98. The fourth-order valence-electron chi connectivity index (χ4n) is 7.36. The number of ether oxygens (including phenoxy) is 3. The molecule has 11 nitrogen and oxygen atoms in total. The summed E-state index contributed by atoms with van der Waals surface area (Å²) in [5.41, 5.74) is 1.46. The molecule has 3 saturated carbocycles. The second kappa shape index (κ2) is 13.7. The largest absolute Gasteiger partial charge is 0.497 e. The first kappa shape index (κ1) is 34.6. The normalized spacial score (nSPS) is 27.2. The van der Waals surface area contributed by atoms with Gasteiger partial charge in [0.2, 0.25) is 10.0 Å². The van der Waals surface area contributed by atoms with Crippen molar-refractivity contribution >= 4 is 42.7 Å². The number of aliphatic hydroxyl groups excluding tert-OH is 2. The maximum absolute atomic E-state index is 14.3. The van der Waals surface area contributed by atoms with Crippen molar-refractivity contribution < 1.29 is 37.6 Å². The zero-order chi connectivity index (χ0) is 34.5. The summed E-state index contributed by atoms with van der Waals surface area (Å²) in [7, 11) is -2.42. The Kier molecular flexibility index (Phi) is 9.70. The summed E-state index contributed by atoms with van der Waals surface area (Å²) in [5.74, 6) is -0.532. The third kappa shape index (κ3) is 7.77. The molecule has 49 heavy (non-hydrogen) atoms. The summed E-state index contributed by atoms with van der Waals surface area (Å²) in [6.45, 7) is 4.47. The topological polar surface area (TPSA) is 148 Å². The van der Waals surface area contributed by atoms with E-state index in [9.17, 15) is 23.4 Å². The number of hydrogen-bond donors (Lipinski definition) is 3. The fraction of sp³-hybridized carbons (Fsp3) is 0.611. The van der Waals surface area contributed by atoms with E-state index in [0.29, 0.717) is 24.8 Å². The lowest BCUT2D eigenvalue weighted by Crippen LogP contribution is -2.44. The number of nitrogens with one attached hydrogen (secondary N) is 1. The Hall–Kier alpha value is -2.81. The highest BCUT2D eigenvalue weighted by Crippen LogP contribution is 2.47. The standard InChI is InChI=1S/C36H47N3O8S2/c1-21-28-15-24(19-46-34(28)42)33(21)47-32(41)16-23(14-22-4-8-26(45-3)9-5-22)30(40)18-39(20-36(2)12-13-36)49(43,44)27-10-11-29-31(17-27)48-35(38-29)37-25-6-7-25/h4-5,8-11,17,21,23-25,28,30,33-34,40,42H,6-7,12-16,18-20H2,1-3H3,(H,37,38)/t21?,23-,24?,28?,30-,33?,34?/m1/s1. The predicted molar refractivity (Wildman–Crippen MR) is 186 cm³/mol. The van der Waals surface area contributed by atoms with Gasteiger partial charge in [-0.3, -0.25) is 4.79 Å². The van der Waals surface area contributed by atoms with E-state index in [2.05, 4.69) is 17.2 Å². The van der Waals surface area contributed by atoms with E-state index in [1.807, 2.05) is 31.2 Å². The lowest BCUT2D eigenvalue weighted by Gasteiger charge is -2.31. The number of aromatic nitrogens is 1. The van der Waals surface area contributed by atoms with Gasteiger partial charge in [-0.25, -0.2) is 13.4 Å². The number of methoxy groups -OCH3 is 1. The number of benzene rings is 2. The molecule has 4 fully saturated rings. The van der Waals surface area contributed by atoms with Crippen molar-refractivity contribution in [2.45, 2.75) is 88.2 Å². The van der Waals surface area contributed by atoms with Crippen molar-refractivity contribution in [3.05, 3.63) is 48.0 Å². The first-order chi connectivity index (χ1) is 23.4. The van der Waals surface area contributed by atoms with Crippen LogP contribution in [0.3, 0.4) is 0 Å². The molecule has 7 atom stereocenters. The monoisotopic (exact) mass is 713 g/mol. The van der Waals surface area contributed by atoms with E-state index >= 15 is 0 Å². The van der Waals surface area contributed by atoms with Crippen LogP contribution < -0.4 is 10.1 Å². The van der Waals surface area contributed by atoms with Crippen LogP contribution in [0.25, 0.3) is 10.2 Å². The van der Waals surface area contributed by atoms with Crippen LogP contribution in [0.2, 0.25) is 0 Å². The van der Waals surface area contributed by atoms with Crippen LogP contribution in [0.15, 0.2) is 47.4 Å². The molecule has 2 aromatic carbocycles. The van der Waals surface area contributed by atoms with Crippen LogP contribution in [0.4, 0.5) is 5.13 Å². The van der Waals surface area contributed by atoms with Gasteiger partial charge in [0.15, 0.2) is 11.4 Å². The Morgan fingerprint density at radius 2 is 1.96 bits per heavy atom. The molecule has 0 spiro atoms. The molecule has 3 aromatic rings. The van der Waals surface area contributed by atoms with Crippen LogP contribution in [-0.4, -0.2) is 85.2 Å². The predicted octanol–water partition coefficient (Wildman–Crippen LogP) is 4.81. The van der Waals surface area contributed by atoms with E-state index in [-0.39, 0.29) is 53.7 Å². The molecule has 266 valence electrons. The number of hydrogen-bond acceptors (Lipinski definition) is 11. The highest BCUT2D eigenvalue weighted by molar-refractivity contribution is 7.89. The number of thiazole rings is 1. The fourth-order valence-corrected chi connectivity index (χ4v) is 10.1. The Labute approximate surface area is 292 Å². The van der Waals surface area contributed by atoms with E-state index in [1.165, 1.54) is 15.6 Å². The molecule has 1 saturated heterocycles. The second-order valence-electron chi connectivity index (χ2n) is 15.0. The molecular formula is C36H47N3O8S2. The summed E-state index contributed by atoms with van der Waals surface area (Å²) in [6.07, 6.45) is 2.61. The number of carbonyl (C=O) groups excluding carboxylic acids is 1. The maximum atomic E-state index is 14.3. The van der Waals surface area contributed by atoms with E-state index in [1.54, 1.807) is 25.3 Å². The van der Waals surface area contributed by atoms with Crippen molar-refractivity contribution in [3.63, 3.8) is 0 Å². The Morgan fingerprint density at radius 3 is 2.63 bits per heavy atom. The summed E-state index contributed by atoms with van der Waals surface area (Å²) < 4.78 is 47.7. The molecule has 0 radical (unpaired) electrons. The lowest BCUT2D eigenvalue weighted by molar-refractivity contribution is -0.164. The van der Waals surface area contributed by atoms with Gasteiger partial charge in [0, 0.05) is 42.8 Å². The quantitative estimate of drug-likeness (QED) is 0.188. The van der Waals surface area contributed by atoms with Crippen LogP contribution in [0.5, 0.6) is 5.75 Å². The van der Waals surface area contributed by atoms with Crippen molar-refractivity contribution in [1.29, 1.82) is 0 Å². The highest BCUT2D eigenvalue weighted by atomic mass is 32.2. The summed E-state index contributed by atoms with van der Waals surface area (Å²) in [4.78, 5) is 18.4. The maximum Gasteiger partial charge on any atom is 0.306 e. The van der Waals surface area contributed by atoms with Crippen molar-refractivity contribution in [2.24, 2.45) is 29.1 Å². The SMILES string of the molecule is COc1ccc(C[C@H](CC(=O)OC2C3COC(O)C(C3)C2C)[C@H](O)CN(CC2(C)CC2)S(=O)(=O)c2ccc3nc(NC4CC4)sc3c2)cc1. The zero-order valence-corrected chi connectivity index (χ0v) is 29.9. The molecule has 13 heteroatoms.